The molecular weight excluding hydrogens is 496 g/mol. The van der Waals surface area contributed by atoms with Gasteiger partial charge in [-0.1, -0.05) is 64.5 Å². The van der Waals surface area contributed by atoms with E-state index in [0.29, 0.717) is 22.6 Å². The largest absolute Gasteiger partial charge is 0.493 e. The molecule has 4 aromatic carbocycles. The molecule has 0 aliphatic rings. The van der Waals surface area contributed by atoms with Crippen molar-refractivity contribution in [2.24, 2.45) is 5.10 Å². The zero-order valence-corrected chi connectivity index (χ0v) is 19.9. The molecule has 0 aliphatic heterocycles. The van der Waals surface area contributed by atoms with E-state index in [1.165, 1.54) is 13.3 Å². The summed E-state index contributed by atoms with van der Waals surface area (Å²) in [5.41, 5.74) is 4.59. The quantitative estimate of drug-likeness (QED) is 0.152. The number of carbonyl (C=O) groups excluding carboxylic acids is 2. The molecule has 0 saturated carbocycles. The van der Waals surface area contributed by atoms with Crippen molar-refractivity contribution in [2.45, 2.75) is 6.42 Å². The van der Waals surface area contributed by atoms with E-state index >= 15 is 0 Å². The molecule has 0 fully saturated rings. The van der Waals surface area contributed by atoms with Gasteiger partial charge in [-0.3, -0.25) is 4.79 Å². The summed E-state index contributed by atoms with van der Waals surface area (Å²) in [7, 11) is 1.49. The van der Waals surface area contributed by atoms with Gasteiger partial charge in [-0.15, -0.1) is 0 Å². The molecule has 1 amide bonds. The Kier molecular flexibility index (Phi) is 7.34. The Morgan fingerprint density at radius 3 is 2.41 bits per heavy atom. The molecule has 34 heavy (non-hydrogen) atoms. The van der Waals surface area contributed by atoms with E-state index in [4.69, 9.17) is 9.47 Å². The number of fused-ring (bicyclic) bond motifs is 1. The number of hydrogen-bond donors (Lipinski definition) is 1. The minimum absolute atomic E-state index is 0.197. The topological polar surface area (TPSA) is 77.0 Å². The Labute approximate surface area is 205 Å². The predicted octanol–water partition coefficient (Wildman–Crippen LogP) is 5.52. The second kappa shape index (κ2) is 10.8. The summed E-state index contributed by atoms with van der Waals surface area (Å²) >= 11 is 3.54. The van der Waals surface area contributed by atoms with Crippen LogP contribution < -0.4 is 14.9 Å². The van der Waals surface area contributed by atoms with Gasteiger partial charge in [0.1, 0.15) is 0 Å². The molecule has 0 radical (unpaired) electrons. The van der Waals surface area contributed by atoms with Crippen molar-refractivity contribution in [1.29, 1.82) is 0 Å². The van der Waals surface area contributed by atoms with Crippen LogP contribution in [0.5, 0.6) is 11.5 Å². The van der Waals surface area contributed by atoms with Gasteiger partial charge in [0.15, 0.2) is 11.5 Å². The van der Waals surface area contributed by atoms with Gasteiger partial charge >= 0.3 is 5.97 Å². The molecular formula is C27H21BrN2O4. The maximum absolute atomic E-state index is 12.4. The maximum atomic E-state index is 12.4. The van der Waals surface area contributed by atoms with Crippen molar-refractivity contribution >= 4 is 44.8 Å². The number of hydrogen-bond acceptors (Lipinski definition) is 5. The van der Waals surface area contributed by atoms with E-state index < -0.39 is 5.97 Å². The molecule has 6 nitrogen and oxygen atoms in total. The average Bonchev–Trinajstić information content (AvgIpc) is 2.87. The van der Waals surface area contributed by atoms with Gasteiger partial charge < -0.3 is 9.47 Å². The molecule has 170 valence electrons. The van der Waals surface area contributed by atoms with Gasteiger partial charge in [-0.05, 0) is 58.3 Å². The zero-order valence-electron chi connectivity index (χ0n) is 18.3. The summed E-state index contributed by atoms with van der Waals surface area (Å²) < 4.78 is 11.8. The van der Waals surface area contributed by atoms with Crippen LogP contribution in [0.15, 0.2) is 94.5 Å². The average molecular weight is 517 g/mol. The predicted molar refractivity (Wildman–Crippen MR) is 135 cm³/mol. The van der Waals surface area contributed by atoms with Crippen molar-refractivity contribution in [3.63, 3.8) is 0 Å². The molecule has 0 aromatic heterocycles. The van der Waals surface area contributed by atoms with Crippen LogP contribution >= 0.6 is 15.9 Å². The molecule has 0 spiro atoms. The van der Waals surface area contributed by atoms with Crippen LogP contribution in [0.2, 0.25) is 0 Å². The first-order valence-corrected chi connectivity index (χ1v) is 11.3. The minimum atomic E-state index is -0.479. The van der Waals surface area contributed by atoms with Crippen LogP contribution in [-0.2, 0) is 11.2 Å². The molecule has 0 saturated heterocycles. The highest BCUT2D eigenvalue weighted by Gasteiger charge is 2.13. The molecule has 4 rings (SSSR count). The van der Waals surface area contributed by atoms with Crippen LogP contribution in [0.1, 0.15) is 21.5 Å². The van der Waals surface area contributed by atoms with Crippen molar-refractivity contribution in [2.75, 3.05) is 7.11 Å². The Hall–Kier alpha value is -3.97. The molecule has 0 atom stereocenters. The Bertz CT molecular complexity index is 1370. The van der Waals surface area contributed by atoms with Crippen molar-refractivity contribution in [1.82, 2.24) is 5.43 Å². The number of methoxy groups -OCH3 is 1. The van der Waals surface area contributed by atoms with Crippen molar-refractivity contribution in [3.05, 3.63) is 106 Å². The number of hydrazone groups is 1. The number of esters is 1. The fourth-order valence-electron chi connectivity index (χ4n) is 3.45. The summed E-state index contributed by atoms with van der Waals surface area (Å²) in [6.45, 7) is 0. The van der Waals surface area contributed by atoms with Gasteiger partial charge in [0, 0.05) is 4.47 Å². The van der Waals surface area contributed by atoms with Crippen molar-refractivity contribution < 1.29 is 19.1 Å². The number of nitrogens with zero attached hydrogens (tertiary/aromatic N) is 1. The minimum Gasteiger partial charge on any atom is -0.493 e. The SMILES string of the molecule is COc1cc(/C=N\NC(=O)Cc2ccc(Br)c3ccccc23)ccc1OC(=O)c1ccccc1. The van der Waals surface area contributed by atoms with Crippen LogP contribution in [-0.4, -0.2) is 25.2 Å². The lowest BCUT2D eigenvalue weighted by molar-refractivity contribution is -0.120. The zero-order chi connectivity index (χ0) is 23.9. The summed E-state index contributed by atoms with van der Waals surface area (Å²) in [5.74, 6) is -0.0438. The van der Waals surface area contributed by atoms with E-state index in [2.05, 4.69) is 26.5 Å². The second-order valence-corrected chi connectivity index (χ2v) is 8.24. The highest BCUT2D eigenvalue weighted by atomic mass is 79.9. The van der Waals surface area contributed by atoms with E-state index in [9.17, 15) is 9.59 Å². The first-order chi connectivity index (χ1) is 16.5. The Morgan fingerprint density at radius 1 is 0.912 bits per heavy atom. The van der Waals surface area contributed by atoms with Gasteiger partial charge in [-0.25, -0.2) is 10.2 Å². The normalized spacial score (nSPS) is 10.9. The van der Waals surface area contributed by atoms with Gasteiger partial charge in [0.25, 0.3) is 0 Å². The summed E-state index contributed by atoms with van der Waals surface area (Å²) in [4.78, 5) is 24.8. The first kappa shape index (κ1) is 23.2. The number of rotatable bonds is 7. The monoisotopic (exact) mass is 516 g/mol. The fourth-order valence-corrected chi connectivity index (χ4v) is 3.93. The summed E-state index contributed by atoms with van der Waals surface area (Å²) in [6, 6.07) is 25.5. The molecule has 7 heteroatoms. The Morgan fingerprint density at radius 2 is 1.65 bits per heavy atom. The number of carbonyl (C=O) groups is 2. The molecule has 0 heterocycles. The third-order valence-electron chi connectivity index (χ3n) is 5.11. The Balaban J connectivity index is 1.40. The number of halogens is 1. The van der Waals surface area contributed by atoms with Crippen LogP contribution in [0, 0.1) is 0 Å². The summed E-state index contributed by atoms with van der Waals surface area (Å²) in [5, 5.41) is 6.12. The molecule has 0 aliphatic carbocycles. The van der Waals surface area contributed by atoms with Gasteiger partial charge in [0.05, 0.1) is 25.3 Å². The van der Waals surface area contributed by atoms with Gasteiger partial charge in [-0.2, -0.15) is 5.10 Å². The highest BCUT2D eigenvalue weighted by Crippen LogP contribution is 2.29. The number of amides is 1. The number of nitrogens with one attached hydrogen (secondary N) is 1. The van der Waals surface area contributed by atoms with Crippen LogP contribution in [0.25, 0.3) is 10.8 Å². The first-order valence-electron chi connectivity index (χ1n) is 10.5. The van der Waals surface area contributed by atoms with E-state index in [1.807, 2.05) is 42.5 Å². The van der Waals surface area contributed by atoms with E-state index in [-0.39, 0.29) is 12.3 Å². The number of ether oxygens (including phenoxy) is 2. The maximum Gasteiger partial charge on any atom is 0.343 e. The highest BCUT2D eigenvalue weighted by molar-refractivity contribution is 9.10. The van der Waals surface area contributed by atoms with Gasteiger partial charge in [0.2, 0.25) is 5.91 Å². The van der Waals surface area contributed by atoms with Crippen molar-refractivity contribution in [3.8, 4) is 11.5 Å². The smallest absolute Gasteiger partial charge is 0.343 e. The van der Waals surface area contributed by atoms with E-state index in [0.717, 1.165) is 20.8 Å². The molecule has 1 N–H and O–H groups in total. The third-order valence-corrected chi connectivity index (χ3v) is 5.81. The molecule has 0 unspecified atom stereocenters. The number of benzene rings is 4. The van der Waals surface area contributed by atoms with Crippen LogP contribution in [0.3, 0.4) is 0 Å². The lowest BCUT2D eigenvalue weighted by atomic mass is 10.0. The summed E-state index contributed by atoms with van der Waals surface area (Å²) in [6.07, 6.45) is 1.70. The standard InChI is InChI=1S/C27H21BrN2O4/c1-33-25-15-18(11-14-24(25)34-27(32)19-7-3-2-4-8-19)17-29-30-26(31)16-20-12-13-23(28)22-10-6-5-9-21(20)22/h2-15,17H,16H2,1H3,(H,30,31)/b29-17-. The van der Waals surface area contributed by atoms with Crippen LogP contribution in [0.4, 0.5) is 0 Å². The fraction of sp³-hybridized carbons (Fsp3) is 0.0741. The molecule has 4 aromatic rings. The lowest BCUT2D eigenvalue weighted by Crippen LogP contribution is -2.19. The molecule has 0 bridgehead atoms. The van der Waals surface area contributed by atoms with E-state index in [1.54, 1.807) is 42.5 Å². The second-order valence-electron chi connectivity index (χ2n) is 7.39. The lowest BCUT2D eigenvalue weighted by Gasteiger charge is -2.10. The third kappa shape index (κ3) is 5.50.